The second kappa shape index (κ2) is 11.5. The average molecular weight is 534 g/mol. The minimum absolute atomic E-state index is 0.160. The number of benzene rings is 3. The fourth-order valence-electron chi connectivity index (χ4n) is 3.77. The summed E-state index contributed by atoms with van der Waals surface area (Å²) in [5.41, 5.74) is 4.31. The van der Waals surface area contributed by atoms with Gasteiger partial charge in [-0.2, -0.15) is 19.0 Å². The van der Waals surface area contributed by atoms with Crippen LogP contribution < -0.4 is 5.32 Å². The Hall–Kier alpha value is -3.76. The van der Waals surface area contributed by atoms with Crippen LogP contribution in [0.3, 0.4) is 0 Å². The van der Waals surface area contributed by atoms with E-state index in [-0.39, 0.29) is 11.2 Å². The number of amidine groups is 1. The third-order valence-corrected chi connectivity index (χ3v) is 7.30. The minimum atomic E-state index is -2.46. The number of thioether (sulfide) groups is 2. The van der Waals surface area contributed by atoms with Crippen molar-refractivity contribution < 1.29 is 13.6 Å². The highest BCUT2D eigenvalue weighted by molar-refractivity contribution is 8.15. The van der Waals surface area contributed by atoms with E-state index < -0.39 is 5.76 Å². The number of alkyl halides is 2. The largest absolute Gasteiger partial charge is 0.303 e. The first kappa shape index (κ1) is 24.9. The van der Waals surface area contributed by atoms with Gasteiger partial charge in [-0.25, -0.2) is 4.68 Å². The lowest BCUT2D eigenvalue weighted by Gasteiger charge is -2.06. The quantitative estimate of drug-likeness (QED) is 0.171. The molecule has 186 valence electrons. The van der Waals surface area contributed by atoms with E-state index in [1.54, 1.807) is 35.2 Å². The Morgan fingerprint density at radius 1 is 1.03 bits per heavy atom. The van der Waals surface area contributed by atoms with Crippen molar-refractivity contribution in [2.24, 2.45) is 10.2 Å². The molecule has 1 saturated heterocycles. The number of halogens is 2. The summed E-state index contributed by atoms with van der Waals surface area (Å²) < 4.78 is 26.8. The number of carbonyl (C=O) groups excluding carboxylic acids is 1. The van der Waals surface area contributed by atoms with Gasteiger partial charge in [0.1, 0.15) is 5.69 Å². The van der Waals surface area contributed by atoms with Crippen LogP contribution in [0.4, 0.5) is 8.78 Å². The van der Waals surface area contributed by atoms with Crippen LogP contribution >= 0.6 is 23.5 Å². The summed E-state index contributed by atoms with van der Waals surface area (Å²) in [7, 11) is 0. The number of rotatable bonds is 8. The first-order valence-electron chi connectivity index (χ1n) is 11.4. The maximum atomic E-state index is 12.5. The number of aromatic nitrogens is 2. The standard InChI is InChI=1S/C27H21F2N5OS2/c28-26(29)36-22-13-11-18(12-14-22)15-23-25(35)31-27(37-23)32-30-16-20-17-34(21-9-5-2-6-10-21)33-24(20)19-7-3-1-4-8-19/h1-14,16-17,23,26H,15H2,(H,31,32,35)/b30-16-/t23-/m0/s1. The summed E-state index contributed by atoms with van der Waals surface area (Å²) >= 11 is 1.79. The van der Waals surface area contributed by atoms with Crippen LogP contribution in [0.25, 0.3) is 16.9 Å². The molecule has 1 fully saturated rings. The molecule has 1 aromatic heterocycles. The number of carbonyl (C=O) groups is 1. The van der Waals surface area contributed by atoms with Crippen LogP contribution in [0.5, 0.6) is 0 Å². The van der Waals surface area contributed by atoms with Gasteiger partial charge >= 0.3 is 0 Å². The number of hydrogen-bond acceptors (Lipinski definition) is 6. The summed E-state index contributed by atoms with van der Waals surface area (Å²) in [5, 5.41) is 16.0. The zero-order valence-corrected chi connectivity index (χ0v) is 21.0. The maximum absolute atomic E-state index is 12.5. The monoisotopic (exact) mass is 533 g/mol. The summed E-state index contributed by atoms with van der Waals surface area (Å²) in [4.78, 5) is 12.9. The fourth-order valence-corrected chi connectivity index (χ4v) is 5.23. The molecule has 1 N–H and O–H groups in total. The third-order valence-electron chi connectivity index (χ3n) is 5.50. The van der Waals surface area contributed by atoms with Gasteiger partial charge in [-0.1, -0.05) is 84.2 Å². The SMILES string of the molecule is O=C1N/C(=N/N=C\c2cn(-c3ccccc3)nc2-c2ccccc2)S[C@H]1Cc1ccc(SC(F)F)cc1. The topological polar surface area (TPSA) is 71.6 Å². The first-order valence-corrected chi connectivity index (χ1v) is 13.1. The van der Waals surface area contributed by atoms with Gasteiger partial charge in [0, 0.05) is 22.2 Å². The van der Waals surface area contributed by atoms with Crippen molar-refractivity contribution in [2.75, 3.05) is 0 Å². The van der Waals surface area contributed by atoms with Gasteiger partial charge in [0.25, 0.3) is 5.76 Å². The molecule has 0 bridgehead atoms. The van der Waals surface area contributed by atoms with Gasteiger partial charge in [-0.3, -0.25) is 4.79 Å². The molecule has 5 rings (SSSR count). The van der Waals surface area contributed by atoms with E-state index in [1.807, 2.05) is 66.9 Å². The first-order chi connectivity index (χ1) is 18.0. The van der Waals surface area contributed by atoms with Crippen LogP contribution in [-0.2, 0) is 11.2 Å². The Bertz CT molecular complexity index is 1420. The molecule has 0 spiro atoms. The molecule has 37 heavy (non-hydrogen) atoms. The molecule has 0 unspecified atom stereocenters. The number of nitrogens with zero attached hydrogens (tertiary/aromatic N) is 4. The Morgan fingerprint density at radius 3 is 2.43 bits per heavy atom. The molecule has 0 aliphatic carbocycles. The molecule has 1 amide bonds. The molecule has 1 atom stereocenters. The highest BCUT2D eigenvalue weighted by Crippen LogP contribution is 2.28. The van der Waals surface area contributed by atoms with Gasteiger partial charge < -0.3 is 5.32 Å². The predicted molar refractivity (Wildman–Crippen MR) is 146 cm³/mol. The molecule has 6 nitrogen and oxygen atoms in total. The van der Waals surface area contributed by atoms with Crippen LogP contribution in [-0.4, -0.2) is 38.1 Å². The van der Waals surface area contributed by atoms with Crippen molar-refractivity contribution in [3.05, 3.63) is 102 Å². The molecule has 2 heterocycles. The summed E-state index contributed by atoms with van der Waals surface area (Å²) in [5.74, 6) is -2.62. The van der Waals surface area contributed by atoms with Crippen molar-refractivity contribution >= 4 is 40.8 Å². The molecule has 3 aromatic carbocycles. The van der Waals surface area contributed by atoms with Gasteiger partial charge in [-0.05, 0) is 36.2 Å². The smallest absolute Gasteiger partial charge is 0.288 e. The van der Waals surface area contributed by atoms with Crippen LogP contribution in [0.2, 0.25) is 0 Å². The molecular weight excluding hydrogens is 512 g/mol. The summed E-state index contributed by atoms with van der Waals surface area (Å²) in [6.45, 7) is 0. The fraction of sp³-hybridized carbons (Fsp3) is 0.111. The summed E-state index contributed by atoms with van der Waals surface area (Å²) in [6.07, 6.45) is 3.97. The molecule has 0 radical (unpaired) electrons. The summed E-state index contributed by atoms with van der Waals surface area (Å²) in [6, 6.07) is 26.4. The number of hydrogen-bond donors (Lipinski definition) is 1. The van der Waals surface area contributed by atoms with Crippen molar-refractivity contribution in [3.8, 4) is 16.9 Å². The molecule has 1 aliphatic rings. The Kier molecular flexibility index (Phi) is 7.76. The number of nitrogens with one attached hydrogen (secondary N) is 1. The highest BCUT2D eigenvalue weighted by atomic mass is 32.2. The Morgan fingerprint density at radius 2 is 1.73 bits per heavy atom. The second-order valence-electron chi connectivity index (χ2n) is 8.05. The van der Waals surface area contributed by atoms with Crippen molar-refractivity contribution in [2.45, 2.75) is 22.3 Å². The third kappa shape index (κ3) is 6.33. The van der Waals surface area contributed by atoms with E-state index in [0.717, 1.165) is 28.1 Å². The van der Waals surface area contributed by atoms with Crippen molar-refractivity contribution in [3.63, 3.8) is 0 Å². The predicted octanol–water partition coefficient (Wildman–Crippen LogP) is 6.02. The Labute approximate surface area is 220 Å². The van der Waals surface area contributed by atoms with E-state index in [1.165, 1.54) is 11.8 Å². The van der Waals surface area contributed by atoms with Gasteiger partial charge in [0.15, 0.2) is 5.17 Å². The van der Waals surface area contributed by atoms with Crippen molar-refractivity contribution in [1.82, 2.24) is 15.1 Å². The lowest BCUT2D eigenvalue weighted by Crippen LogP contribution is -2.25. The van der Waals surface area contributed by atoms with Gasteiger partial charge in [0.05, 0.1) is 17.2 Å². The highest BCUT2D eigenvalue weighted by Gasteiger charge is 2.30. The molecular formula is C27H21F2N5OS2. The maximum Gasteiger partial charge on any atom is 0.288 e. The van der Waals surface area contributed by atoms with Crippen LogP contribution in [0, 0.1) is 0 Å². The minimum Gasteiger partial charge on any atom is -0.303 e. The van der Waals surface area contributed by atoms with Gasteiger partial charge in [0.2, 0.25) is 5.91 Å². The van der Waals surface area contributed by atoms with Crippen LogP contribution in [0.15, 0.2) is 106 Å². The van der Waals surface area contributed by atoms with E-state index in [0.29, 0.717) is 28.2 Å². The molecule has 1 aliphatic heterocycles. The normalized spacial score (nSPS) is 16.7. The molecule has 4 aromatic rings. The van der Waals surface area contributed by atoms with Crippen molar-refractivity contribution in [1.29, 1.82) is 0 Å². The van der Waals surface area contributed by atoms with E-state index in [9.17, 15) is 13.6 Å². The van der Waals surface area contributed by atoms with Crippen LogP contribution in [0.1, 0.15) is 11.1 Å². The van der Waals surface area contributed by atoms with E-state index in [2.05, 4.69) is 15.5 Å². The Balaban J connectivity index is 1.30. The lowest BCUT2D eigenvalue weighted by molar-refractivity contribution is -0.118. The van der Waals surface area contributed by atoms with E-state index in [4.69, 9.17) is 5.10 Å². The van der Waals surface area contributed by atoms with Gasteiger partial charge in [-0.15, -0.1) is 5.10 Å². The van der Waals surface area contributed by atoms with E-state index >= 15 is 0 Å². The average Bonchev–Trinajstić information content (AvgIpc) is 3.49. The number of para-hydroxylation sites is 1. The zero-order chi connectivity index (χ0) is 25.6. The molecule has 0 saturated carbocycles. The molecule has 10 heteroatoms. The number of amides is 1. The second-order valence-corrected chi connectivity index (χ2v) is 10.3. The zero-order valence-electron chi connectivity index (χ0n) is 19.4. The lowest BCUT2D eigenvalue weighted by atomic mass is 10.1.